The van der Waals surface area contributed by atoms with E-state index in [0.29, 0.717) is 12.3 Å². The van der Waals surface area contributed by atoms with Gasteiger partial charge >= 0.3 is 0 Å². The zero-order valence-electron chi connectivity index (χ0n) is 8.67. The van der Waals surface area contributed by atoms with Gasteiger partial charge in [0.25, 0.3) is 5.56 Å². The van der Waals surface area contributed by atoms with Crippen LogP contribution < -0.4 is 16.1 Å². The Morgan fingerprint density at radius 1 is 1.19 bits per heavy atom. The van der Waals surface area contributed by atoms with Gasteiger partial charge in [-0.15, -0.1) is 0 Å². The lowest BCUT2D eigenvalue weighted by atomic mass is 10.2. The van der Waals surface area contributed by atoms with E-state index in [1.165, 1.54) is 17.0 Å². The third-order valence-corrected chi connectivity index (χ3v) is 2.12. The van der Waals surface area contributed by atoms with Crippen LogP contribution in [0.2, 0.25) is 0 Å². The standard InChI is InChI=1S/C12H12N2O2/c13-11-6-7-14(12(15)8-11)16-9-10-4-2-1-3-5-10/h1-8H,9,13H2. The van der Waals surface area contributed by atoms with Gasteiger partial charge in [-0.1, -0.05) is 30.3 Å². The van der Waals surface area contributed by atoms with Gasteiger partial charge in [-0.2, -0.15) is 4.73 Å². The third-order valence-electron chi connectivity index (χ3n) is 2.12. The van der Waals surface area contributed by atoms with Crippen molar-refractivity contribution in [1.29, 1.82) is 0 Å². The first-order valence-corrected chi connectivity index (χ1v) is 4.91. The SMILES string of the molecule is Nc1ccn(OCc2ccccc2)c(=O)c1. The summed E-state index contributed by atoms with van der Waals surface area (Å²) in [4.78, 5) is 16.7. The van der Waals surface area contributed by atoms with E-state index in [2.05, 4.69) is 0 Å². The number of nitrogen functional groups attached to an aromatic ring is 1. The molecule has 16 heavy (non-hydrogen) atoms. The summed E-state index contributed by atoms with van der Waals surface area (Å²) in [6, 6.07) is 12.6. The van der Waals surface area contributed by atoms with Crippen LogP contribution in [0.1, 0.15) is 5.56 Å². The second-order valence-electron chi connectivity index (χ2n) is 3.38. The van der Waals surface area contributed by atoms with Gasteiger partial charge in [-0.25, -0.2) is 0 Å². The summed E-state index contributed by atoms with van der Waals surface area (Å²) in [7, 11) is 0. The van der Waals surface area contributed by atoms with Crippen molar-refractivity contribution in [2.75, 3.05) is 5.73 Å². The quantitative estimate of drug-likeness (QED) is 0.834. The van der Waals surface area contributed by atoms with E-state index in [-0.39, 0.29) is 5.56 Å². The van der Waals surface area contributed by atoms with Gasteiger partial charge in [0.2, 0.25) is 0 Å². The molecule has 2 rings (SSSR count). The zero-order chi connectivity index (χ0) is 11.4. The highest BCUT2D eigenvalue weighted by molar-refractivity contribution is 5.34. The Bertz CT molecular complexity index is 520. The number of anilines is 1. The minimum absolute atomic E-state index is 0.268. The molecule has 1 aromatic carbocycles. The molecular weight excluding hydrogens is 204 g/mol. The second-order valence-corrected chi connectivity index (χ2v) is 3.38. The minimum Gasteiger partial charge on any atom is -0.406 e. The van der Waals surface area contributed by atoms with E-state index in [9.17, 15) is 4.79 Å². The van der Waals surface area contributed by atoms with Crippen molar-refractivity contribution in [3.8, 4) is 0 Å². The Morgan fingerprint density at radius 3 is 2.62 bits per heavy atom. The Morgan fingerprint density at radius 2 is 1.94 bits per heavy atom. The number of aromatic nitrogens is 1. The van der Waals surface area contributed by atoms with Gasteiger partial charge in [0.1, 0.15) is 6.61 Å². The number of benzene rings is 1. The van der Waals surface area contributed by atoms with Crippen LogP contribution in [-0.2, 0) is 6.61 Å². The Balaban J connectivity index is 2.08. The number of hydrogen-bond donors (Lipinski definition) is 1. The maximum absolute atomic E-state index is 11.4. The number of nitrogens with zero attached hydrogens (tertiary/aromatic N) is 1. The van der Waals surface area contributed by atoms with Gasteiger partial charge in [-0.05, 0) is 11.6 Å². The van der Waals surface area contributed by atoms with E-state index in [1.54, 1.807) is 6.07 Å². The van der Waals surface area contributed by atoms with E-state index < -0.39 is 0 Å². The summed E-state index contributed by atoms with van der Waals surface area (Å²) in [6.07, 6.45) is 1.51. The fourth-order valence-electron chi connectivity index (χ4n) is 1.31. The maximum atomic E-state index is 11.4. The molecule has 0 spiro atoms. The van der Waals surface area contributed by atoms with Crippen molar-refractivity contribution in [2.45, 2.75) is 6.61 Å². The van der Waals surface area contributed by atoms with Crippen LogP contribution in [0, 0.1) is 0 Å². The predicted octanol–water partition coefficient (Wildman–Crippen LogP) is 1.06. The van der Waals surface area contributed by atoms with Crippen LogP contribution >= 0.6 is 0 Å². The molecule has 0 saturated carbocycles. The maximum Gasteiger partial charge on any atom is 0.285 e. The monoisotopic (exact) mass is 216 g/mol. The molecule has 0 aliphatic heterocycles. The molecule has 1 heterocycles. The van der Waals surface area contributed by atoms with Crippen molar-refractivity contribution in [1.82, 2.24) is 4.73 Å². The van der Waals surface area contributed by atoms with Crippen LogP contribution in [-0.4, -0.2) is 4.73 Å². The van der Waals surface area contributed by atoms with Crippen molar-refractivity contribution in [2.24, 2.45) is 0 Å². The molecule has 0 atom stereocenters. The zero-order valence-corrected chi connectivity index (χ0v) is 8.67. The van der Waals surface area contributed by atoms with Crippen LogP contribution in [0.15, 0.2) is 53.5 Å². The topological polar surface area (TPSA) is 57.2 Å². The summed E-state index contributed by atoms with van der Waals surface area (Å²) in [5.41, 5.74) is 6.64. The summed E-state index contributed by atoms with van der Waals surface area (Å²) in [5.74, 6) is 0. The fraction of sp³-hybridized carbons (Fsp3) is 0.0833. The summed E-state index contributed by atoms with van der Waals surface area (Å²) >= 11 is 0. The predicted molar refractivity (Wildman–Crippen MR) is 61.8 cm³/mol. The first kappa shape index (κ1) is 10.3. The van der Waals surface area contributed by atoms with E-state index in [0.717, 1.165) is 5.56 Å². The van der Waals surface area contributed by atoms with Gasteiger partial charge < -0.3 is 10.6 Å². The molecule has 82 valence electrons. The van der Waals surface area contributed by atoms with Crippen molar-refractivity contribution in [3.63, 3.8) is 0 Å². The first-order chi connectivity index (χ1) is 7.75. The fourth-order valence-corrected chi connectivity index (χ4v) is 1.31. The smallest absolute Gasteiger partial charge is 0.285 e. The highest BCUT2D eigenvalue weighted by atomic mass is 16.7. The molecule has 2 aromatic rings. The molecule has 0 unspecified atom stereocenters. The van der Waals surface area contributed by atoms with Crippen molar-refractivity contribution >= 4 is 5.69 Å². The van der Waals surface area contributed by atoms with Gasteiger partial charge in [0.05, 0.1) is 0 Å². The molecular formula is C12H12N2O2. The molecule has 1 aromatic heterocycles. The molecule has 0 aliphatic carbocycles. The molecule has 0 fully saturated rings. The minimum atomic E-state index is -0.268. The molecule has 0 aliphatic rings. The number of hydrogen-bond acceptors (Lipinski definition) is 3. The van der Waals surface area contributed by atoms with Crippen LogP contribution in [0.25, 0.3) is 0 Å². The lowest BCUT2D eigenvalue weighted by molar-refractivity contribution is 0.0892. The van der Waals surface area contributed by atoms with Crippen molar-refractivity contribution in [3.05, 3.63) is 64.6 Å². The Kier molecular flexibility index (Phi) is 2.91. The number of pyridine rings is 1. The highest BCUT2D eigenvalue weighted by Gasteiger charge is 1.97. The average molecular weight is 216 g/mol. The molecule has 0 saturated heterocycles. The Hall–Kier alpha value is -2.23. The Labute approximate surface area is 92.9 Å². The summed E-state index contributed by atoms with van der Waals surface area (Å²) in [5, 5.41) is 0. The van der Waals surface area contributed by atoms with Crippen molar-refractivity contribution < 1.29 is 4.84 Å². The molecule has 4 heteroatoms. The van der Waals surface area contributed by atoms with E-state index >= 15 is 0 Å². The molecule has 0 bridgehead atoms. The number of rotatable bonds is 3. The second kappa shape index (κ2) is 4.53. The molecule has 0 radical (unpaired) electrons. The highest BCUT2D eigenvalue weighted by Crippen LogP contribution is 1.99. The third kappa shape index (κ3) is 2.42. The average Bonchev–Trinajstić information content (AvgIpc) is 2.29. The van der Waals surface area contributed by atoms with Crippen LogP contribution in [0.3, 0.4) is 0 Å². The first-order valence-electron chi connectivity index (χ1n) is 4.91. The van der Waals surface area contributed by atoms with Gasteiger partial charge in [-0.3, -0.25) is 4.79 Å². The van der Waals surface area contributed by atoms with E-state index in [4.69, 9.17) is 10.6 Å². The largest absolute Gasteiger partial charge is 0.406 e. The molecule has 2 N–H and O–H groups in total. The van der Waals surface area contributed by atoms with Crippen LogP contribution in [0.4, 0.5) is 5.69 Å². The lowest BCUT2D eigenvalue weighted by Gasteiger charge is -2.07. The summed E-state index contributed by atoms with van der Waals surface area (Å²) < 4.78 is 1.17. The number of nitrogens with two attached hydrogens (primary N) is 1. The normalized spacial score (nSPS) is 10.0. The van der Waals surface area contributed by atoms with Crippen LogP contribution in [0.5, 0.6) is 0 Å². The van der Waals surface area contributed by atoms with E-state index in [1.807, 2.05) is 30.3 Å². The summed E-state index contributed by atoms with van der Waals surface area (Å²) in [6.45, 7) is 0.352. The molecule has 0 amide bonds. The lowest BCUT2D eigenvalue weighted by Crippen LogP contribution is -2.25. The van der Waals surface area contributed by atoms with Gasteiger partial charge in [0.15, 0.2) is 0 Å². The van der Waals surface area contributed by atoms with Gasteiger partial charge in [0, 0.05) is 18.0 Å². The molecule has 4 nitrogen and oxygen atoms in total.